The maximum absolute atomic E-state index is 13.2. The van der Waals surface area contributed by atoms with Crippen molar-refractivity contribution in [3.63, 3.8) is 0 Å². The van der Waals surface area contributed by atoms with Crippen molar-refractivity contribution in [1.82, 2.24) is 29.4 Å². The quantitative estimate of drug-likeness (QED) is 0.0241. The van der Waals surface area contributed by atoms with Gasteiger partial charge in [-0.05, 0) is 76.2 Å². The van der Waals surface area contributed by atoms with E-state index in [1.807, 2.05) is 54.6 Å². The molecule has 9 rings (SSSR count). The van der Waals surface area contributed by atoms with E-state index in [4.69, 9.17) is 63.2 Å². The zero-order valence-corrected chi connectivity index (χ0v) is 50.6. The van der Waals surface area contributed by atoms with Gasteiger partial charge in [0, 0.05) is 120 Å². The summed E-state index contributed by atoms with van der Waals surface area (Å²) in [4.78, 5) is 53.7. The van der Waals surface area contributed by atoms with Gasteiger partial charge in [-0.3, -0.25) is 24.5 Å². The molecule has 3 saturated heterocycles. The van der Waals surface area contributed by atoms with Crippen molar-refractivity contribution in [3.05, 3.63) is 212 Å². The Bertz CT molecular complexity index is 2920. The molecule has 452 valence electrons. The van der Waals surface area contributed by atoms with Gasteiger partial charge in [0.1, 0.15) is 33.0 Å². The molecule has 18 heteroatoms. The molecule has 3 aliphatic rings. The average Bonchev–Trinajstić information content (AvgIpc) is 3.61. The van der Waals surface area contributed by atoms with Crippen molar-refractivity contribution in [1.29, 1.82) is 0 Å². The number of hydrogen-bond donors (Lipinski definition) is 0. The van der Waals surface area contributed by atoms with Gasteiger partial charge in [-0.25, -0.2) is 14.4 Å². The molecular formula is C67H79Cl3N6O9. The fourth-order valence-electron chi connectivity index (χ4n) is 11.5. The number of ether oxygens (including phenoxy) is 6. The molecule has 3 heterocycles. The van der Waals surface area contributed by atoms with Crippen LogP contribution in [-0.2, 0) is 42.8 Å². The number of carbonyl (C=O) groups is 3. The molecule has 3 aliphatic heterocycles. The first-order valence-corrected chi connectivity index (χ1v) is 30.8. The third-order valence-corrected chi connectivity index (χ3v) is 16.7. The first-order valence-electron chi connectivity index (χ1n) is 29.7. The first-order chi connectivity index (χ1) is 41.6. The number of rotatable bonds is 30. The number of esters is 3. The summed E-state index contributed by atoms with van der Waals surface area (Å²) in [7, 11) is 0. The summed E-state index contributed by atoms with van der Waals surface area (Å²) in [5, 5.41) is 2.14. The normalized spacial score (nSPS) is 17.4. The van der Waals surface area contributed by atoms with Gasteiger partial charge in [0.2, 0.25) is 0 Å². The zero-order chi connectivity index (χ0) is 59.0. The predicted octanol–water partition coefficient (Wildman–Crippen LogP) is 9.61. The SMILES string of the molecule is O=C(COCCCN1CCN([C@H](c2ccccc2)c2ccc(Cl)cc2)CC1)OCC(COC(=O)COCCN1CCN([C@@H](c2ccccc2)c2ccc(Cl)cc2)CC1)OC(=O)COCCN1CCN([C@H](c2ccccc2)c2ccc(Cl)cc2)CC1. The molecule has 0 aromatic heterocycles. The van der Waals surface area contributed by atoms with Crippen LogP contribution in [0.5, 0.6) is 0 Å². The molecule has 0 aliphatic carbocycles. The fourth-order valence-corrected chi connectivity index (χ4v) is 11.8. The molecular weight excluding hydrogens is 1140 g/mol. The van der Waals surface area contributed by atoms with E-state index >= 15 is 0 Å². The molecule has 6 aromatic carbocycles. The Morgan fingerprint density at radius 1 is 0.353 bits per heavy atom. The lowest BCUT2D eigenvalue weighted by molar-refractivity contribution is -0.172. The van der Waals surface area contributed by atoms with Crippen molar-refractivity contribution in [3.8, 4) is 0 Å². The Morgan fingerprint density at radius 3 is 0.988 bits per heavy atom. The third-order valence-electron chi connectivity index (χ3n) is 15.9. The van der Waals surface area contributed by atoms with E-state index in [9.17, 15) is 14.4 Å². The van der Waals surface area contributed by atoms with Crippen LogP contribution in [0.1, 0.15) is 57.9 Å². The summed E-state index contributed by atoms with van der Waals surface area (Å²) in [6.45, 7) is 11.9. The van der Waals surface area contributed by atoms with Crippen LogP contribution in [0, 0.1) is 0 Å². The molecule has 85 heavy (non-hydrogen) atoms. The number of halogens is 3. The Kier molecular flexibility index (Phi) is 25.5. The summed E-state index contributed by atoms with van der Waals surface area (Å²) in [5.74, 6) is -1.93. The summed E-state index contributed by atoms with van der Waals surface area (Å²) >= 11 is 18.7. The van der Waals surface area contributed by atoms with Crippen LogP contribution in [0.4, 0.5) is 0 Å². The topological polar surface area (TPSA) is 126 Å². The predicted molar refractivity (Wildman–Crippen MR) is 332 cm³/mol. The van der Waals surface area contributed by atoms with E-state index in [0.29, 0.717) is 43.0 Å². The Labute approximate surface area is 516 Å². The van der Waals surface area contributed by atoms with E-state index in [2.05, 4.69) is 139 Å². The van der Waals surface area contributed by atoms with Gasteiger partial charge in [0.05, 0.1) is 31.3 Å². The fraction of sp³-hybridized carbons (Fsp3) is 0.418. The minimum atomic E-state index is -1.08. The largest absolute Gasteiger partial charge is 0.460 e. The van der Waals surface area contributed by atoms with Crippen LogP contribution in [0.2, 0.25) is 15.1 Å². The average molecular weight is 1220 g/mol. The minimum absolute atomic E-state index is 0.0994. The molecule has 4 atom stereocenters. The van der Waals surface area contributed by atoms with Crippen LogP contribution >= 0.6 is 34.8 Å². The van der Waals surface area contributed by atoms with E-state index in [-0.39, 0.29) is 51.2 Å². The smallest absolute Gasteiger partial charge is 0.332 e. The van der Waals surface area contributed by atoms with Gasteiger partial charge in [0.25, 0.3) is 0 Å². The second-order valence-electron chi connectivity index (χ2n) is 21.7. The molecule has 15 nitrogen and oxygen atoms in total. The Hall–Kier alpha value is -5.76. The van der Waals surface area contributed by atoms with Crippen molar-refractivity contribution in [2.75, 3.05) is 151 Å². The third kappa shape index (κ3) is 20.1. The molecule has 1 unspecified atom stereocenters. The van der Waals surface area contributed by atoms with E-state index in [0.717, 1.165) is 96.5 Å². The maximum Gasteiger partial charge on any atom is 0.332 e. The molecule has 6 aromatic rings. The highest BCUT2D eigenvalue weighted by molar-refractivity contribution is 6.31. The second-order valence-corrected chi connectivity index (χ2v) is 23.0. The first kappa shape index (κ1) is 63.7. The summed E-state index contributed by atoms with van der Waals surface area (Å²) < 4.78 is 34.1. The lowest BCUT2D eigenvalue weighted by atomic mass is 9.96. The number of piperazine rings is 3. The van der Waals surface area contributed by atoms with Crippen molar-refractivity contribution < 1.29 is 42.8 Å². The molecule has 0 N–H and O–H groups in total. The lowest BCUT2D eigenvalue weighted by Crippen LogP contribution is -2.48. The molecule has 0 saturated carbocycles. The monoisotopic (exact) mass is 1220 g/mol. The van der Waals surface area contributed by atoms with Gasteiger partial charge in [-0.2, -0.15) is 0 Å². The minimum Gasteiger partial charge on any atom is -0.460 e. The highest BCUT2D eigenvalue weighted by Crippen LogP contribution is 2.33. The van der Waals surface area contributed by atoms with Gasteiger partial charge in [0.15, 0.2) is 6.10 Å². The number of carbonyl (C=O) groups excluding carboxylic acids is 3. The van der Waals surface area contributed by atoms with Crippen LogP contribution in [0.25, 0.3) is 0 Å². The Morgan fingerprint density at radius 2 is 0.647 bits per heavy atom. The van der Waals surface area contributed by atoms with Gasteiger partial charge in [-0.15, -0.1) is 0 Å². The Balaban J connectivity index is 0.693. The van der Waals surface area contributed by atoms with Gasteiger partial charge < -0.3 is 33.3 Å². The second kappa shape index (κ2) is 34.0. The van der Waals surface area contributed by atoms with E-state index < -0.39 is 24.0 Å². The maximum atomic E-state index is 13.2. The number of hydrogen-bond acceptors (Lipinski definition) is 15. The van der Waals surface area contributed by atoms with Crippen molar-refractivity contribution >= 4 is 52.7 Å². The van der Waals surface area contributed by atoms with Crippen LogP contribution in [-0.4, -0.2) is 204 Å². The molecule has 0 amide bonds. The van der Waals surface area contributed by atoms with Crippen LogP contribution < -0.4 is 0 Å². The summed E-state index contributed by atoms with van der Waals surface area (Å²) in [5.41, 5.74) is 7.29. The van der Waals surface area contributed by atoms with E-state index in [1.54, 1.807) is 0 Å². The zero-order valence-electron chi connectivity index (χ0n) is 48.4. The summed E-state index contributed by atoms with van der Waals surface area (Å²) in [6.07, 6.45) is -0.351. The van der Waals surface area contributed by atoms with Crippen molar-refractivity contribution in [2.24, 2.45) is 0 Å². The molecule has 3 fully saturated rings. The highest BCUT2D eigenvalue weighted by Gasteiger charge is 2.30. The van der Waals surface area contributed by atoms with Gasteiger partial charge in [-0.1, -0.05) is 162 Å². The molecule has 0 spiro atoms. The molecule has 0 bridgehead atoms. The van der Waals surface area contributed by atoms with Crippen LogP contribution in [0.3, 0.4) is 0 Å². The standard InChI is InChI=1S/C67H79Cl3N6O9/c68-58-23-17-55(18-24-58)65(52-11-4-1-5-12-52)74-36-30-71(31-37-74)29-10-44-80-49-62(77)83-47-61(85-64(79)51-82-46-43-73-34-40-76(41-35-73)67(54-15-8-3-9-16-54)57-21-27-60(70)28-22-57)48-84-63(78)50-81-45-42-72-32-38-75(39-33-72)66(53-13-6-2-7-14-53)56-19-25-59(69)26-20-56/h1-9,11-28,61,65-67H,10,29-51H2/t61?,65-,66+,67-/m1/s1. The van der Waals surface area contributed by atoms with E-state index in [1.165, 1.54) is 33.4 Å². The number of nitrogens with zero attached hydrogens (tertiary/aromatic N) is 6. The highest BCUT2D eigenvalue weighted by atomic mass is 35.5. The van der Waals surface area contributed by atoms with Crippen molar-refractivity contribution in [2.45, 2.75) is 30.7 Å². The summed E-state index contributed by atoms with van der Waals surface area (Å²) in [6, 6.07) is 56.1. The lowest BCUT2D eigenvalue weighted by Gasteiger charge is -2.39. The number of benzene rings is 6. The van der Waals surface area contributed by atoms with Crippen LogP contribution in [0.15, 0.2) is 164 Å². The molecule has 0 radical (unpaired) electrons. The van der Waals surface area contributed by atoms with Gasteiger partial charge >= 0.3 is 17.9 Å².